The van der Waals surface area contributed by atoms with Gasteiger partial charge in [-0.3, -0.25) is 14.7 Å². The number of thiophene rings is 1. The maximum absolute atomic E-state index is 13.0. The van der Waals surface area contributed by atoms with Crippen molar-refractivity contribution in [1.29, 1.82) is 0 Å². The van der Waals surface area contributed by atoms with Gasteiger partial charge in [0.05, 0.1) is 11.3 Å². The van der Waals surface area contributed by atoms with E-state index in [9.17, 15) is 4.79 Å². The van der Waals surface area contributed by atoms with Crippen molar-refractivity contribution in [3.63, 3.8) is 0 Å². The van der Waals surface area contributed by atoms with Crippen molar-refractivity contribution in [2.45, 2.75) is 52.6 Å². The summed E-state index contributed by atoms with van der Waals surface area (Å²) >= 11 is 1.76. The number of fused-ring (bicyclic) bond motifs is 1. The molecule has 2 aliphatic rings. The molecule has 2 aromatic heterocycles. The van der Waals surface area contributed by atoms with Gasteiger partial charge < -0.3 is 4.90 Å². The van der Waals surface area contributed by atoms with Crippen molar-refractivity contribution in [3.8, 4) is 0 Å². The second-order valence-corrected chi connectivity index (χ2v) is 8.96. The lowest BCUT2D eigenvalue weighted by Gasteiger charge is -2.31. The fraction of sp³-hybridized carbons (Fsp3) is 0.545. The lowest BCUT2D eigenvalue weighted by Crippen LogP contribution is -2.38. The third-order valence-corrected chi connectivity index (χ3v) is 7.02. The Hall–Kier alpha value is -1.72. The number of nitrogens with zero attached hydrogens (tertiary/aromatic N) is 3. The molecular formula is C22H29N3OS. The molecular weight excluding hydrogens is 354 g/mol. The first-order valence-corrected chi connectivity index (χ1v) is 11.1. The van der Waals surface area contributed by atoms with E-state index >= 15 is 0 Å². The third-order valence-electron chi connectivity index (χ3n) is 6.01. The van der Waals surface area contributed by atoms with Gasteiger partial charge in [0.2, 0.25) is 0 Å². The molecule has 0 atom stereocenters. The topological polar surface area (TPSA) is 36.4 Å². The molecule has 0 aromatic carbocycles. The molecule has 2 aliphatic heterocycles. The van der Waals surface area contributed by atoms with Gasteiger partial charge in [-0.05, 0) is 48.8 Å². The van der Waals surface area contributed by atoms with Gasteiger partial charge >= 0.3 is 0 Å². The fourth-order valence-electron chi connectivity index (χ4n) is 4.06. The predicted octanol–water partition coefficient (Wildman–Crippen LogP) is 4.14. The highest BCUT2D eigenvalue weighted by Crippen LogP contribution is 2.31. The number of amides is 1. The summed E-state index contributed by atoms with van der Waals surface area (Å²) in [5, 5.41) is 2.10. The average Bonchev–Trinajstić information content (AvgIpc) is 3.12. The Labute approximate surface area is 166 Å². The zero-order valence-electron chi connectivity index (χ0n) is 16.4. The molecule has 0 saturated carbocycles. The van der Waals surface area contributed by atoms with Crippen LogP contribution in [0, 0.1) is 5.92 Å². The number of aryl methyl sites for hydroxylation is 1. The van der Waals surface area contributed by atoms with E-state index in [1.165, 1.54) is 16.0 Å². The van der Waals surface area contributed by atoms with Crippen molar-refractivity contribution in [1.82, 2.24) is 14.8 Å². The van der Waals surface area contributed by atoms with Crippen LogP contribution in [0.5, 0.6) is 0 Å². The van der Waals surface area contributed by atoms with Gasteiger partial charge in [-0.25, -0.2) is 0 Å². The summed E-state index contributed by atoms with van der Waals surface area (Å²) in [5.41, 5.74) is 4.68. The van der Waals surface area contributed by atoms with Crippen LogP contribution in [0.25, 0.3) is 0 Å². The number of rotatable bonds is 4. The van der Waals surface area contributed by atoms with Gasteiger partial charge in [-0.1, -0.05) is 19.9 Å². The normalized spacial score (nSPS) is 18.5. The molecule has 4 rings (SSSR count). The van der Waals surface area contributed by atoms with E-state index in [2.05, 4.69) is 46.1 Å². The van der Waals surface area contributed by atoms with E-state index in [1.54, 1.807) is 11.3 Å². The highest BCUT2D eigenvalue weighted by Gasteiger charge is 2.28. The number of piperidine rings is 1. The Morgan fingerprint density at radius 2 is 2.07 bits per heavy atom. The van der Waals surface area contributed by atoms with Crippen LogP contribution in [-0.2, 0) is 25.9 Å². The molecule has 2 aromatic rings. The second-order valence-electron chi connectivity index (χ2n) is 8.00. The molecule has 1 amide bonds. The van der Waals surface area contributed by atoms with Crippen molar-refractivity contribution in [3.05, 3.63) is 51.0 Å². The van der Waals surface area contributed by atoms with Crippen molar-refractivity contribution in [2.24, 2.45) is 5.92 Å². The molecule has 0 bridgehead atoms. The molecule has 0 unspecified atom stereocenters. The van der Waals surface area contributed by atoms with E-state index in [-0.39, 0.29) is 5.91 Å². The Bertz CT molecular complexity index is 790. The van der Waals surface area contributed by atoms with Crippen LogP contribution in [-0.4, -0.2) is 40.3 Å². The van der Waals surface area contributed by atoms with Crippen LogP contribution in [0.2, 0.25) is 0 Å². The van der Waals surface area contributed by atoms with Crippen LogP contribution < -0.4 is 0 Å². The van der Waals surface area contributed by atoms with E-state index < -0.39 is 0 Å². The van der Waals surface area contributed by atoms with Gasteiger partial charge in [-0.15, -0.1) is 11.3 Å². The molecule has 1 saturated heterocycles. The fourth-order valence-corrected chi connectivity index (χ4v) is 5.18. The lowest BCUT2D eigenvalue weighted by molar-refractivity contribution is 0.0696. The molecule has 0 N–H and O–H groups in total. The number of pyridine rings is 1. The van der Waals surface area contributed by atoms with E-state index in [0.717, 1.165) is 75.6 Å². The number of aromatic nitrogens is 1. The average molecular weight is 384 g/mol. The highest BCUT2D eigenvalue weighted by molar-refractivity contribution is 7.10. The number of hydrogen-bond donors (Lipinski definition) is 0. The number of carbonyl (C=O) groups excluding carboxylic acids is 1. The maximum Gasteiger partial charge on any atom is 0.254 e. The Kier molecular flexibility index (Phi) is 5.60. The summed E-state index contributed by atoms with van der Waals surface area (Å²) in [5.74, 6) is 1.00. The van der Waals surface area contributed by atoms with Crippen molar-refractivity contribution >= 4 is 17.2 Å². The summed E-state index contributed by atoms with van der Waals surface area (Å²) < 4.78 is 0. The number of carbonyl (C=O) groups is 1. The SMILES string of the molecule is CCc1ccc(CN2CCc3c(C(=O)N4CCC(C)CC4)csc3C2)nc1. The number of likely N-dealkylation sites (tertiary alicyclic amines) is 1. The van der Waals surface area contributed by atoms with Gasteiger partial charge in [0.25, 0.3) is 5.91 Å². The zero-order chi connectivity index (χ0) is 18.8. The molecule has 0 radical (unpaired) electrons. The molecule has 5 heteroatoms. The number of hydrogen-bond acceptors (Lipinski definition) is 4. The van der Waals surface area contributed by atoms with E-state index in [4.69, 9.17) is 0 Å². The summed E-state index contributed by atoms with van der Waals surface area (Å²) in [7, 11) is 0. The minimum atomic E-state index is 0.254. The minimum Gasteiger partial charge on any atom is -0.339 e. The van der Waals surface area contributed by atoms with Crippen LogP contribution in [0.3, 0.4) is 0 Å². The van der Waals surface area contributed by atoms with E-state index in [1.807, 2.05) is 6.20 Å². The van der Waals surface area contributed by atoms with Crippen molar-refractivity contribution in [2.75, 3.05) is 19.6 Å². The predicted molar refractivity (Wildman–Crippen MR) is 110 cm³/mol. The Morgan fingerprint density at radius 3 is 2.78 bits per heavy atom. The summed E-state index contributed by atoms with van der Waals surface area (Å²) in [6.07, 6.45) is 6.26. The lowest BCUT2D eigenvalue weighted by atomic mass is 9.97. The van der Waals surface area contributed by atoms with Gasteiger partial charge in [-0.2, -0.15) is 0 Å². The van der Waals surface area contributed by atoms with Crippen LogP contribution in [0.15, 0.2) is 23.7 Å². The first-order chi connectivity index (χ1) is 13.1. The molecule has 4 heterocycles. The smallest absolute Gasteiger partial charge is 0.254 e. The van der Waals surface area contributed by atoms with Gasteiger partial charge in [0.15, 0.2) is 0 Å². The van der Waals surface area contributed by atoms with Crippen LogP contribution in [0.4, 0.5) is 0 Å². The summed E-state index contributed by atoms with van der Waals surface area (Å²) in [4.78, 5) is 23.5. The monoisotopic (exact) mass is 383 g/mol. The Balaban J connectivity index is 1.41. The molecule has 27 heavy (non-hydrogen) atoms. The summed E-state index contributed by atoms with van der Waals surface area (Å²) in [6.45, 7) is 9.08. The van der Waals surface area contributed by atoms with Gasteiger partial charge in [0, 0.05) is 49.2 Å². The maximum atomic E-state index is 13.0. The van der Waals surface area contributed by atoms with Crippen LogP contribution in [0.1, 0.15) is 58.7 Å². The van der Waals surface area contributed by atoms with E-state index in [0.29, 0.717) is 0 Å². The Morgan fingerprint density at radius 1 is 1.26 bits per heavy atom. The first-order valence-electron chi connectivity index (χ1n) is 10.2. The highest BCUT2D eigenvalue weighted by atomic mass is 32.1. The van der Waals surface area contributed by atoms with Gasteiger partial charge in [0.1, 0.15) is 0 Å². The molecule has 144 valence electrons. The third kappa shape index (κ3) is 4.09. The largest absolute Gasteiger partial charge is 0.339 e. The zero-order valence-corrected chi connectivity index (χ0v) is 17.2. The van der Waals surface area contributed by atoms with Crippen molar-refractivity contribution < 1.29 is 4.79 Å². The molecule has 0 aliphatic carbocycles. The van der Waals surface area contributed by atoms with Crippen LogP contribution >= 0.6 is 11.3 Å². The minimum absolute atomic E-state index is 0.254. The quantitative estimate of drug-likeness (QED) is 0.796. The molecule has 0 spiro atoms. The first kappa shape index (κ1) is 18.6. The standard InChI is InChI=1S/C22H29N3OS/c1-3-17-4-5-18(23-12-17)13-24-9-8-19-20(15-27-21(19)14-24)22(26)25-10-6-16(2)7-11-25/h4-5,12,15-16H,3,6-11,13-14H2,1-2H3. The molecule has 1 fully saturated rings. The summed E-state index contributed by atoms with van der Waals surface area (Å²) in [6, 6.07) is 4.33. The molecule has 4 nitrogen and oxygen atoms in total. The second kappa shape index (κ2) is 8.11.